The van der Waals surface area contributed by atoms with Gasteiger partial charge < -0.3 is 20.6 Å². The molecular formula is C12H17N3O3. The zero-order valence-corrected chi connectivity index (χ0v) is 10.4. The number of benzene rings is 1. The topological polar surface area (TPSA) is 81.7 Å². The van der Waals surface area contributed by atoms with Crippen molar-refractivity contribution in [2.45, 2.75) is 0 Å². The van der Waals surface area contributed by atoms with Crippen LogP contribution in [0.25, 0.3) is 0 Å². The van der Waals surface area contributed by atoms with E-state index < -0.39 is 5.97 Å². The number of carbonyl (C=O) groups excluding carboxylic acids is 1. The highest BCUT2D eigenvalue weighted by molar-refractivity contribution is 5.93. The molecule has 0 atom stereocenters. The average Bonchev–Trinajstić information content (AvgIpc) is 2.36. The summed E-state index contributed by atoms with van der Waals surface area (Å²) in [6.07, 6.45) is 0. The van der Waals surface area contributed by atoms with Crippen LogP contribution in [-0.4, -0.2) is 49.2 Å². The molecule has 0 aliphatic carbocycles. The van der Waals surface area contributed by atoms with Gasteiger partial charge in [0.15, 0.2) is 0 Å². The van der Waals surface area contributed by atoms with Crippen molar-refractivity contribution in [3.05, 3.63) is 29.8 Å². The Kier molecular flexibility index (Phi) is 5.13. The molecular weight excluding hydrogens is 234 g/mol. The van der Waals surface area contributed by atoms with E-state index in [1.54, 1.807) is 19.2 Å². The molecule has 1 aromatic rings. The van der Waals surface area contributed by atoms with Gasteiger partial charge >= 0.3 is 12.0 Å². The van der Waals surface area contributed by atoms with Crippen molar-refractivity contribution in [3.63, 3.8) is 0 Å². The van der Waals surface area contributed by atoms with E-state index >= 15 is 0 Å². The van der Waals surface area contributed by atoms with Gasteiger partial charge in [-0.25, -0.2) is 9.59 Å². The Balaban J connectivity index is 2.64. The van der Waals surface area contributed by atoms with Crippen LogP contribution in [0.4, 0.5) is 10.5 Å². The number of nitrogens with one attached hydrogen (secondary N) is 2. The summed E-state index contributed by atoms with van der Waals surface area (Å²) < 4.78 is 0. The number of nitrogens with zero attached hydrogens (tertiary/aromatic N) is 1. The minimum Gasteiger partial charge on any atom is -0.478 e. The second-order valence-corrected chi connectivity index (χ2v) is 3.84. The molecule has 0 aromatic heterocycles. The van der Waals surface area contributed by atoms with Gasteiger partial charge in [0.25, 0.3) is 0 Å². The number of rotatable bonds is 5. The van der Waals surface area contributed by atoms with Gasteiger partial charge in [-0.3, -0.25) is 0 Å². The van der Waals surface area contributed by atoms with Gasteiger partial charge in [-0.15, -0.1) is 0 Å². The number of hydrogen-bond acceptors (Lipinski definition) is 3. The Labute approximate surface area is 106 Å². The summed E-state index contributed by atoms with van der Waals surface area (Å²) in [6, 6.07) is 5.87. The molecule has 0 fully saturated rings. The molecule has 0 aliphatic heterocycles. The molecule has 6 nitrogen and oxygen atoms in total. The summed E-state index contributed by atoms with van der Waals surface area (Å²) in [5.74, 6) is -1.02. The number of anilines is 1. The number of carbonyl (C=O) groups is 2. The molecule has 1 aromatic carbocycles. The lowest BCUT2D eigenvalue weighted by Gasteiger charge is -2.17. The van der Waals surface area contributed by atoms with E-state index in [9.17, 15) is 9.59 Å². The number of aromatic carboxylic acids is 1. The fourth-order valence-corrected chi connectivity index (χ4v) is 1.33. The first-order valence-corrected chi connectivity index (χ1v) is 5.54. The molecule has 0 spiro atoms. The van der Waals surface area contributed by atoms with E-state index in [0.717, 1.165) is 0 Å². The van der Waals surface area contributed by atoms with E-state index in [1.807, 2.05) is 7.05 Å². The molecule has 1 rings (SSSR count). The largest absolute Gasteiger partial charge is 0.478 e. The maximum absolute atomic E-state index is 11.7. The number of hydrogen-bond donors (Lipinski definition) is 3. The molecule has 0 aliphatic rings. The highest BCUT2D eigenvalue weighted by Gasteiger charge is 2.09. The maximum Gasteiger partial charge on any atom is 0.335 e. The minimum atomic E-state index is -1.02. The predicted molar refractivity (Wildman–Crippen MR) is 69.0 cm³/mol. The lowest BCUT2D eigenvalue weighted by atomic mass is 10.2. The predicted octanol–water partition coefficient (Wildman–Crippen LogP) is 1.07. The number of carboxylic acid groups (broad SMARTS) is 1. The summed E-state index contributed by atoms with van der Waals surface area (Å²) in [5.41, 5.74) is 0.613. The van der Waals surface area contributed by atoms with E-state index in [4.69, 9.17) is 5.11 Å². The van der Waals surface area contributed by atoms with Crippen LogP contribution in [-0.2, 0) is 0 Å². The molecule has 3 N–H and O–H groups in total. The molecule has 0 saturated carbocycles. The van der Waals surface area contributed by atoms with Crippen LogP contribution in [0.2, 0.25) is 0 Å². The Morgan fingerprint density at radius 1 is 1.39 bits per heavy atom. The van der Waals surface area contributed by atoms with Crippen molar-refractivity contribution in [2.24, 2.45) is 0 Å². The van der Waals surface area contributed by atoms with Gasteiger partial charge in [0.05, 0.1) is 5.56 Å². The van der Waals surface area contributed by atoms with Gasteiger partial charge in [-0.2, -0.15) is 0 Å². The number of likely N-dealkylation sites (N-methyl/N-ethyl adjacent to an activating group) is 2. The fraction of sp³-hybridized carbons (Fsp3) is 0.333. The van der Waals surface area contributed by atoms with Gasteiger partial charge in [0.2, 0.25) is 0 Å². The van der Waals surface area contributed by atoms with Crippen molar-refractivity contribution >= 4 is 17.7 Å². The summed E-state index contributed by atoms with van der Waals surface area (Å²) in [4.78, 5) is 24.0. The Hall–Kier alpha value is -2.08. The lowest BCUT2D eigenvalue weighted by Crippen LogP contribution is -2.35. The number of amides is 2. The third kappa shape index (κ3) is 4.06. The minimum absolute atomic E-state index is 0.144. The third-order valence-electron chi connectivity index (χ3n) is 2.40. The van der Waals surface area contributed by atoms with Gasteiger partial charge in [-0.05, 0) is 25.2 Å². The third-order valence-corrected chi connectivity index (χ3v) is 2.40. The van der Waals surface area contributed by atoms with E-state index in [1.165, 1.54) is 17.0 Å². The first kappa shape index (κ1) is 14.0. The smallest absolute Gasteiger partial charge is 0.335 e. The zero-order chi connectivity index (χ0) is 13.5. The van der Waals surface area contributed by atoms with Crippen LogP contribution < -0.4 is 10.6 Å². The van der Waals surface area contributed by atoms with Gasteiger partial charge in [0, 0.05) is 25.8 Å². The first-order chi connectivity index (χ1) is 8.54. The van der Waals surface area contributed by atoms with Gasteiger partial charge in [-0.1, -0.05) is 6.07 Å². The van der Waals surface area contributed by atoms with Crippen LogP contribution in [0, 0.1) is 0 Å². The Bertz CT molecular complexity index is 434. The summed E-state index contributed by atoms with van der Waals surface area (Å²) in [6.45, 7) is 1.26. The fourth-order valence-electron chi connectivity index (χ4n) is 1.33. The van der Waals surface area contributed by atoms with Crippen molar-refractivity contribution in [2.75, 3.05) is 32.5 Å². The van der Waals surface area contributed by atoms with E-state index in [-0.39, 0.29) is 11.6 Å². The highest BCUT2D eigenvalue weighted by Crippen LogP contribution is 2.11. The lowest BCUT2D eigenvalue weighted by molar-refractivity contribution is 0.0697. The van der Waals surface area contributed by atoms with E-state index in [2.05, 4.69) is 10.6 Å². The van der Waals surface area contributed by atoms with Crippen molar-refractivity contribution in [1.29, 1.82) is 0 Å². The molecule has 0 radical (unpaired) electrons. The molecule has 6 heteroatoms. The standard InChI is InChI=1S/C12H17N3O3/c1-13-6-7-15(2)12(18)14-10-5-3-4-9(8-10)11(16)17/h3-5,8,13H,6-7H2,1-2H3,(H,14,18)(H,16,17). The highest BCUT2D eigenvalue weighted by atomic mass is 16.4. The number of urea groups is 1. The van der Waals surface area contributed by atoms with E-state index in [0.29, 0.717) is 18.8 Å². The van der Waals surface area contributed by atoms with Crippen molar-refractivity contribution < 1.29 is 14.7 Å². The van der Waals surface area contributed by atoms with Crippen LogP contribution in [0.15, 0.2) is 24.3 Å². The summed E-state index contributed by atoms with van der Waals surface area (Å²) in [5, 5.41) is 14.4. The molecule has 0 saturated heterocycles. The maximum atomic E-state index is 11.7. The quantitative estimate of drug-likeness (QED) is 0.731. The van der Waals surface area contributed by atoms with Gasteiger partial charge in [0.1, 0.15) is 0 Å². The summed E-state index contributed by atoms with van der Waals surface area (Å²) in [7, 11) is 3.48. The first-order valence-electron chi connectivity index (χ1n) is 5.54. The van der Waals surface area contributed by atoms with Crippen LogP contribution in [0.3, 0.4) is 0 Å². The second kappa shape index (κ2) is 6.61. The van der Waals surface area contributed by atoms with Crippen molar-refractivity contribution in [1.82, 2.24) is 10.2 Å². The SMILES string of the molecule is CNCCN(C)C(=O)Nc1cccc(C(=O)O)c1. The Morgan fingerprint density at radius 3 is 2.72 bits per heavy atom. The molecule has 98 valence electrons. The molecule has 0 heterocycles. The molecule has 0 bridgehead atoms. The monoisotopic (exact) mass is 251 g/mol. The number of carboxylic acids is 1. The summed E-state index contributed by atoms with van der Waals surface area (Å²) >= 11 is 0. The average molecular weight is 251 g/mol. The molecule has 0 unspecified atom stereocenters. The van der Waals surface area contributed by atoms with Crippen LogP contribution >= 0.6 is 0 Å². The molecule has 2 amide bonds. The van der Waals surface area contributed by atoms with Crippen LogP contribution in [0.1, 0.15) is 10.4 Å². The second-order valence-electron chi connectivity index (χ2n) is 3.84. The van der Waals surface area contributed by atoms with Crippen LogP contribution in [0.5, 0.6) is 0 Å². The van der Waals surface area contributed by atoms with Crippen molar-refractivity contribution in [3.8, 4) is 0 Å². The normalized spacial score (nSPS) is 9.89. The Morgan fingerprint density at radius 2 is 2.11 bits per heavy atom. The molecule has 18 heavy (non-hydrogen) atoms. The zero-order valence-electron chi connectivity index (χ0n) is 10.4.